The molecule has 1 saturated heterocycles. The number of aryl methyl sites for hydroxylation is 1. The Bertz CT molecular complexity index is 613. The second-order valence-corrected chi connectivity index (χ2v) is 5.79. The fraction of sp³-hybridized carbons (Fsp3) is 0.533. The Balaban J connectivity index is 1.55. The van der Waals surface area contributed by atoms with Gasteiger partial charge in [0.05, 0.1) is 11.8 Å². The Morgan fingerprint density at radius 3 is 2.86 bits per heavy atom. The smallest absolute Gasteiger partial charge is 0.227 e. The predicted octanol–water partition coefficient (Wildman–Crippen LogP) is 1.47. The van der Waals surface area contributed by atoms with E-state index in [0.29, 0.717) is 36.6 Å². The summed E-state index contributed by atoms with van der Waals surface area (Å²) in [4.78, 5) is 18.5. The van der Waals surface area contributed by atoms with Crippen LogP contribution in [0.2, 0.25) is 0 Å². The molecule has 1 fully saturated rings. The maximum absolute atomic E-state index is 12.3. The lowest BCUT2D eigenvalue weighted by Crippen LogP contribution is -2.55. The quantitative estimate of drug-likeness (QED) is 0.921. The summed E-state index contributed by atoms with van der Waals surface area (Å²) >= 11 is 0. The number of nitrogens with one attached hydrogen (secondary N) is 1. The maximum atomic E-state index is 12.3. The molecule has 1 amide bonds. The molecular weight excluding hydrogens is 284 g/mol. The van der Waals surface area contributed by atoms with Gasteiger partial charge in [0.2, 0.25) is 17.6 Å². The van der Waals surface area contributed by atoms with Crippen LogP contribution in [0, 0.1) is 0 Å². The number of piperazine rings is 1. The van der Waals surface area contributed by atoms with Gasteiger partial charge >= 0.3 is 0 Å². The second-order valence-electron chi connectivity index (χ2n) is 5.79. The third-order valence-electron chi connectivity index (χ3n) is 3.71. The highest BCUT2D eigenvalue weighted by molar-refractivity contribution is 5.76. The van der Waals surface area contributed by atoms with E-state index in [1.807, 2.05) is 4.90 Å². The third kappa shape index (κ3) is 3.36. The van der Waals surface area contributed by atoms with E-state index in [-0.39, 0.29) is 5.91 Å². The van der Waals surface area contributed by atoms with Crippen LogP contribution in [-0.4, -0.2) is 46.1 Å². The summed E-state index contributed by atoms with van der Waals surface area (Å²) in [6, 6.07) is 2.41. The molecule has 3 heterocycles. The third-order valence-corrected chi connectivity index (χ3v) is 3.71. The molecule has 2 atom stereocenters. The Morgan fingerprint density at radius 1 is 1.41 bits per heavy atom. The van der Waals surface area contributed by atoms with Gasteiger partial charge in [0.1, 0.15) is 6.26 Å². The molecule has 7 nitrogen and oxygen atoms in total. The van der Waals surface area contributed by atoms with Gasteiger partial charge in [-0.15, -0.1) is 0 Å². The van der Waals surface area contributed by atoms with Crippen molar-refractivity contribution in [3.63, 3.8) is 0 Å². The van der Waals surface area contributed by atoms with Crippen LogP contribution in [0.15, 0.2) is 27.5 Å². The zero-order chi connectivity index (χ0) is 15.5. The summed E-state index contributed by atoms with van der Waals surface area (Å²) in [6.45, 7) is 5.66. The molecule has 0 unspecified atom stereocenters. The number of hydrogen-bond acceptors (Lipinski definition) is 6. The monoisotopic (exact) mass is 304 g/mol. The Morgan fingerprint density at radius 2 is 2.18 bits per heavy atom. The largest absolute Gasteiger partial charge is 0.472 e. The van der Waals surface area contributed by atoms with Crippen molar-refractivity contribution >= 4 is 5.91 Å². The second kappa shape index (κ2) is 6.31. The van der Waals surface area contributed by atoms with Crippen LogP contribution in [0.25, 0.3) is 11.4 Å². The van der Waals surface area contributed by atoms with Gasteiger partial charge in [0.25, 0.3) is 0 Å². The summed E-state index contributed by atoms with van der Waals surface area (Å²) in [5.74, 6) is 1.09. The Labute approximate surface area is 128 Å². The minimum Gasteiger partial charge on any atom is -0.472 e. The summed E-state index contributed by atoms with van der Waals surface area (Å²) in [7, 11) is 0. The molecule has 2 aromatic rings. The van der Waals surface area contributed by atoms with E-state index in [9.17, 15) is 4.79 Å². The van der Waals surface area contributed by atoms with Crippen molar-refractivity contribution in [2.45, 2.75) is 38.8 Å². The van der Waals surface area contributed by atoms with E-state index in [1.54, 1.807) is 18.6 Å². The molecule has 3 rings (SSSR count). The van der Waals surface area contributed by atoms with Crippen molar-refractivity contribution in [1.82, 2.24) is 20.4 Å². The SMILES string of the molecule is C[C@H]1CN(C(=O)CCc2nc(-c3ccoc3)no2)C[C@H](C)N1. The van der Waals surface area contributed by atoms with E-state index in [0.717, 1.165) is 18.7 Å². The average molecular weight is 304 g/mol. The van der Waals surface area contributed by atoms with Crippen LogP contribution in [0.1, 0.15) is 26.2 Å². The van der Waals surface area contributed by atoms with Crippen molar-refractivity contribution in [2.75, 3.05) is 13.1 Å². The molecule has 0 saturated carbocycles. The molecule has 118 valence electrons. The zero-order valence-corrected chi connectivity index (χ0v) is 12.8. The number of amides is 1. The lowest BCUT2D eigenvalue weighted by atomic mass is 10.1. The maximum Gasteiger partial charge on any atom is 0.227 e. The van der Waals surface area contributed by atoms with E-state index >= 15 is 0 Å². The van der Waals surface area contributed by atoms with E-state index in [4.69, 9.17) is 8.94 Å². The van der Waals surface area contributed by atoms with Crippen molar-refractivity contribution in [1.29, 1.82) is 0 Å². The molecule has 1 aliphatic heterocycles. The van der Waals surface area contributed by atoms with Gasteiger partial charge in [0, 0.05) is 38.0 Å². The number of hydrogen-bond donors (Lipinski definition) is 1. The lowest BCUT2D eigenvalue weighted by molar-refractivity contribution is -0.133. The van der Waals surface area contributed by atoms with E-state index < -0.39 is 0 Å². The minimum atomic E-state index is 0.128. The highest BCUT2D eigenvalue weighted by Crippen LogP contribution is 2.16. The standard InChI is InChI=1S/C15H20N4O3/c1-10-7-19(8-11(2)16-10)14(20)4-3-13-17-15(18-22-13)12-5-6-21-9-12/h5-6,9-11,16H,3-4,7-8H2,1-2H3/t10-,11-/m0/s1. The van der Waals surface area contributed by atoms with Crippen molar-refractivity contribution in [3.05, 3.63) is 24.5 Å². The first-order valence-corrected chi connectivity index (χ1v) is 7.51. The Hall–Kier alpha value is -2.15. The van der Waals surface area contributed by atoms with Gasteiger partial charge in [-0.25, -0.2) is 0 Å². The van der Waals surface area contributed by atoms with Crippen LogP contribution in [-0.2, 0) is 11.2 Å². The van der Waals surface area contributed by atoms with Crippen LogP contribution in [0.3, 0.4) is 0 Å². The number of rotatable bonds is 4. The van der Waals surface area contributed by atoms with Gasteiger partial charge in [-0.2, -0.15) is 4.98 Å². The summed E-state index contributed by atoms with van der Waals surface area (Å²) < 4.78 is 10.2. The number of carbonyl (C=O) groups is 1. The molecule has 22 heavy (non-hydrogen) atoms. The van der Waals surface area contributed by atoms with Gasteiger partial charge in [-0.3, -0.25) is 4.79 Å². The van der Waals surface area contributed by atoms with Gasteiger partial charge in [-0.1, -0.05) is 5.16 Å². The lowest BCUT2D eigenvalue weighted by Gasteiger charge is -2.36. The molecule has 0 bridgehead atoms. The van der Waals surface area contributed by atoms with Crippen LogP contribution < -0.4 is 5.32 Å². The normalized spacial score (nSPS) is 22.0. The fourth-order valence-corrected chi connectivity index (χ4v) is 2.77. The van der Waals surface area contributed by atoms with Gasteiger partial charge in [-0.05, 0) is 19.9 Å². The first-order valence-electron chi connectivity index (χ1n) is 7.51. The average Bonchev–Trinajstić information content (AvgIpc) is 3.14. The highest BCUT2D eigenvalue weighted by Gasteiger charge is 2.24. The van der Waals surface area contributed by atoms with Gasteiger partial charge in [0.15, 0.2) is 0 Å². The number of carbonyl (C=O) groups excluding carboxylic acids is 1. The van der Waals surface area contributed by atoms with Crippen LogP contribution in [0.5, 0.6) is 0 Å². The molecule has 0 radical (unpaired) electrons. The van der Waals surface area contributed by atoms with E-state index in [1.165, 1.54) is 0 Å². The number of nitrogens with zero attached hydrogens (tertiary/aromatic N) is 3. The molecule has 2 aromatic heterocycles. The molecule has 0 spiro atoms. The Kier molecular flexibility index (Phi) is 4.24. The summed E-state index contributed by atoms with van der Waals surface area (Å²) in [5, 5.41) is 7.31. The number of aromatic nitrogens is 2. The zero-order valence-electron chi connectivity index (χ0n) is 12.8. The van der Waals surface area contributed by atoms with Crippen molar-refractivity contribution in [3.8, 4) is 11.4 Å². The van der Waals surface area contributed by atoms with Gasteiger partial charge < -0.3 is 19.2 Å². The topological polar surface area (TPSA) is 84.4 Å². The highest BCUT2D eigenvalue weighted by atomic mass is 16.5. The molecule has 0 aromatic carbocycles. The first-order chi connectivity index (χ1) is 10.6. The van der Waals surface area contributed by atoms with Crippen molar-refractivity contribution < 1.29 is 13.7 Å². The summed E-state index contributed by atoms with van der Waals surface area (Å²) in [5.41, 5.74) is 0.770. The molecule has 1 aliphatic rings. The van der Waals surface area contributed by atoms with Crippen LogP contribution >= 0.6 is 0 Å². The first kappa shape index (κ1) is 14.8. The summed E-state index contributed by atoms with van der Waals surface area (Å²) in [6.07, 6.45) is 3.95. The number of furan rings is 1. The minimum absolute atomic E-state index is 0.128. The fourth-order valence-electron chi connectivity index (χ4n) is 2.77. The molecule has 1 N–H and O–H groups in total. The molecule has 0 aliphatic carbocycles. The molecular formula is C15H20N4O3. The van der Waals surface area contributed by atoms with Crippen molar-refractivity contribution in [2.24, 2.45) is 0 Å². The molecule has 7 heteroatoms. The predicted molar refractivity (Wildman–Crippen MR) is 79.0 cm³/mol. The van der Waals surface area contributed by atoms with E-state index in [2.05, 4.69) is 29.3 Å². The van der Waals surface area contributed by atoms with Crippen LogP contribution in [0.4, 0.5) is 0 Å².